The molecule has 0 bridgehead atoms. The summed E-state index contributed by atoms with van der Waals surface area (Å²) in [5, 5.41) is 3.70. The van der Waals surface area contributed by atoms with Crippen molar-refractivity contribution in [2.45, 2.75) is 57.4 Å². The molecule has 0 spiro atoms. The lowest BCUT2D eigenvalue weighted by Crippen LogP contribution is -2.46. The first-order valence-corrected chi connectivity index (χ1v) is 10.6. The zero-order chi connectivity index (χ0) is 18.4. The van der Waals surface area contributed by atoms with Crippen LogP contribution in [0.2, 0.25) is 0 Å². The van der Waals surface area contributed by atoms with Gasteiger partial charge in [0.2, 0.25) is 5.91 Å². The number of hydrogen-bond donors (Lipinski definition) is 1. The second-order valence-electron chi connectivity index (χ2n) is 8.52. The van der Waals surface area contributed by atoms with Crippen molar-refractivity contribution < 1.29 is 4.79 Å². The monoisotopic (exact) mass is 363 g/mol. The molecule has 26 heavy (non-hydrogen) atoms. The van der Waals surface area contributed by atoms with E-state index in [9.17, 15) is 4.79 Å². The SMILES string of the molecule is CN(C)C(=O)CN=C(NC1CCCCC1)N1CCC(CN2CCCC2)C1. The number of guanidine groups is 1. The van der Waals surface area contributed by atoms with E-state index in [1.165, 1.54) is 71.0 Å². The van der Waals surface area contributed by atoms with Gasteiger partial charge < -0.3 is 20.0 Å². The number of carbonyl (C=O) groups excluding carboxylic acids is 1. The fourth-order valence-corrected chi connectivity index (χ4v) is 4.45. The van der Waals surface area contributed by atoms with Crippen LogP contribution in [-0.2, 0) is 4.79 Å². The van der Waals surface area contributed by atoms with Gasteiger partial charge in [-0.1, -0.05) is 19.3 Å². The molecule has 0 radical (unpaired) electrons. The third-order valence-electron chi connectivity index (χ3n) is 6.10. The molecule has 2 heterocycles. The Bertz CT molecular complexity index is 481. The molecule has 1 unspecified atom stereocenters. The van der Waals surface area contributed by atoms with Crippen molar-refractivity contribution in [3.05, 3.63) is 0 Å². The lowest BCUT2D eigenvalue weighted by molar-refractivity contribution is -0.127. The van der Waals surface area contributed by atoms with Crippen molar-refractivity contribution in [3.63, 3.8) is 0 Å². The third-order valence-corrected chi connectivity index (χ3v) is 6.10. The van der Waals surface area contributed by atoms with E-state index in [0.29, 0.717) is 6.04 Å². The van der Waals surface area contributed by atoms with Crippen LogP contribution in [0.3, 0.4) is 0 Å². The first-order chi connectivity index (χ1) is 12.6. The van der Waals surface area contributed by atoms with Crippen LogP contribution < -0.4 is 5.32 Å². The maximum Gasteiger partial charge on any atom is 0.243 e. The van der Waals surface area contributed by atoms with E-state index >= 15 is 0 Å². The molecule has 3 aliphatic rings. The Balaban J connectivity index is 1.58. The Morgan fingerprint density at radius 2 is 1.77 bits per heavy atom. The molecule has 3 rings (SSSR count). The molecule has 1 amide bonds. The predicted octanol–water partition coefficient (Wildman–Crippen LogP) is 1.77. The second-order valence-corrected chi connectivity index (χ2v) is 8.52. The molecule has 0 aromatic carbocycles. The largest absolute Gasteiger partial charge is 0.353 e. The Morgan fingerprint density at radius 1 is 1.04 bits per heavy atom. The van der Waals surface area contributed by atoms with E-state index in [2.05, 4.69) is 15.1 Å². The van der Waals surface area contributed by atoms with E-state index in [0.717, 1.165) is 25.0 Å². The summed E-state index contributed by atoms with van der Waals surface area (Å²) in [6, 6.07) is 0.523. The van der Waals surface area contributed by atoms with E-state index in [1.54, 1.807) is 19.0 Å². The molecule has 2 saturated heterocycles. The maximum absolute atomic E-state index is 12.0. The molecule has 1 aliphatic carbocycles. The van der Waals surface area contributed by atoms with Gasteiger partial charge in [-0.15, -0.1) is 0 Å². The summed E-state index contributed by atoms with van der Waals surface area (Å²) in [6.45, 7) is 6.15. The topological polar surface area (TPSA) is 51.2 Å². The summed E-state index contributed by atoms with van der Waals surface area (Å²) >= 11 is 0. The molecule has 0 aromatic heterocycles. The number of nitrogens with zero attached hydrogens (tertiary/aromatic N) is 4. The van der Waals surface area contributed by atoms with Crippen molar-refractivity contribution in [2.24, 2.45) is 10.9 Å². The predicted molar refractivity (Wildman–Crippen MR) is 106 cm³/mol. The lowest BCUT2D eigenvalue weighted by Gasteiger charge is -2.29. The standard InChI is InChI=1S/C20H37N5O/c1-23(2)19(26)14-21-20(22-18-8-4-3-5-9-18)25-13-10-17(16-25)15-24-11-6-7-12-24/h17-18H,3-16H2,1-2H3,(H,21,22). The van der Waals surface area contributed by atoms with Gasteiger partial charge in [-0.25, -0.2) is 4.99 Å². The fourth-order valence-electron chi connectivity index (χ4n) is 4.45. The Hall–Kier alpha value is -1.30. The zero-order valence-electron chi connectivity index (χ0n) is 16.8. The van der Waals surface area contributed by atoms with Crippen LogP contribution in [0, 0.1) is 5.92 Å². The molecule has 3 fully saturated rings. The molecule has 6 nitrogen and oxygen atoms in total. The van der Waals surface area contributed by atoms with Gasteiger partial charge in [-0.3, -0.25) is 4.79 Å². The van der Waals surface area contributed by atoms with Crippen LogP contribution in [0.25, 0.3) is 0 Å². The van der Waals surface area contributed by atoms with Crippen LogP contribution in [0.4, 0.5) is 0 Å². The number of likely N-dealkylation sites (N-methyl/N-ethyl adjacent to an activating group) is 1. The normalized spacial score (nSPS) is 25.7. The van der Waals surface area contributed by atoms with Gasteiger partial charge in [-0.2, -0.15) is 0 Å². The second kappa shape index (κ2) is 9.58. The van der Waals surface area contributed by atoms with Crippen molar-refractivity contribution in [1.29, 1.82) is 0 Å². The molecule has 2 aliphatic heterocycles. The van der Waals surface area contributed by atoms with Gasteiger partial charge in [0.15, 0.2) is 5.96 Å². The van der Waals surface area contributed by atoms with Gasteiger partial charge in [0, 0.05) is 39.8 Å². The minimum absolute atomic E-state index is 0.0701. The minimum Gasteiger partial charge on any atom is -0.353 e. The quantitative estimate of drug-likeness (QED) is 0.597. The van der Waals surface area contributed by atoms with Crippen LogP contribution in [0.1, 0.15) is 51.4 Å². The van der Waals surface area contributed by atoms with Crippen LogP contribution in [0.5, 0.6) is 0 Å². The third kappa shape index (κ3) is 5.60. The highest BCUT2D eigenvalue weighted by Gasteiger charge is 2.28. The number of nitrogens with one attached hydrogen (secondary N) is 1. The summed E-state index contributed by atoms with van der Waals surface area (Å²) in [7, 11) is 3.60. The van der Waals surface area contributed by atoms with Gasteiger partial charge >= 0.3 is 0 Å². The van der Waals surface area contributed by atoms with Crippen molar-refractivity contribution in [1.82, 2.24) is 20.0 Å². The Kier molecular flexibility index (Phi) is 7.17. The summed E-state index contributed by atoms with van der Waals surface area (Å²) in [5.41, 5.74) is 0. The number of likely N-dealkylation sites (tertiary alicyclic amines) is 2. The highest BCUT2D eigenvalue weighted by atomic mass is 16.2. The van der Waals surface area contributed by atoms with Gasteiger partial charge in [0.25, 0.3) is 0 Å². The summed E-state index contributed by atoms with van der Waals surface area (Å²) in [5.74, 6) is 1.77. The zero-order valence-corrected chi connectivity index (χ0v) is 16.8. The number of aliphatic imine (C=N–C) groups is 1. The number of amides is 1. The first kappa shape index (κ1) is 19.5. The average molecular weight is 364 g/mol. The van der Waals surface area contributed by atoms with Crippen LogP contribution in [0.15, 0.2) is 4.99 Å². The summed E-state index contributed by atoms with van der Waals surface area (Å²) in [6.07, 6.45) is 10.4. The van der Waals surface area contributed by atoms with Crippen molar-refractivity contribution >= 4 is 11.9 Å². The number of rotatable bonds is 5. The molecule has 6 heteroatoms. The van der Waals surface area contributed by atoms with E-state index in [4.69, 9.17) is 4.99 Å². The lowest BCUT2D eigenvalue weighted by atomic mass is 9.96. The Labute approximate surface area is 159 Å². The van der Waals surface area contributed by atoms with E-state index < -0.39 is 0 Å². The molecule has 148 valence electrons. The van der Waals surface area contributed by atoms with E-state index in [1.807, 2.05) is 0 Å². The highest BCUT2D eigenvalue weighted by molar-refractivity contribution is 5.85. The first-order valence-electron chi connectivity index (χ1n) is 10.6. The van der Waals surface area contributed by atoms with Crippen molar-refractivity contribution in [3.8, 4) is 0 Å². The van der Waals surface area contributed by atoms with Gasteiger partial charge in [-0.05, 0) is 51.1 Å². The maximum atomic E-state index is 12.0. The van der Waals surface area contributed by atoms with Gasteiger partial charge in [0.1, 0.15) is 6.54 Å². The highest BCUT2D eigenvalue weighted by Crippen LogP contribution is 2.22. The van der Waals surface area contributed by atoms with Gasteiger partial charge in [0.05, 0.1) is 0 Å². The van der Waals surface area contributed by atoms with Crippen LogP contribution in [-0.4, -0.2) is 86.0 Å². The molecule has 0 aromatic rings. The number of hydrogen-bond acceptors (Lipinski definition) is 3. The van der Waals surface area contributed by atoms with E-state index in [-0.39, 0.29) is 12.5 Å². The smallest absolute Gasteiger partial charge is 0.243 e. The van der Waals surface area contributed by atoms with Crippen LogP contribution >= 0.6 is 0 Å². The fraction of sp³-hybridized carbons (Fsp3) is 0.900. The molecule has 1 N–H and O–H groups in total. The van der Waals surface area contributed by atoms with Crippen molar-refractivity contribution in [2.75, 3.05) is 53.4 Å². The minimum atomic E-state index is 0.0701. The molecule has 1 atom stereocenters. The Morgan fingerprint density at radius 3 is 2.46 bits per heavy atom. The molecular formula is C20H37N5O. The molecule has 1 saturated carbocycles. The molecular weight excluding hydrogens is 326 g/mol. The summed E-state index contributed by atoms with van der Waals surface area (Å²) in [4.78, 5) is 23.4. The summed E-state index contributed by atoms with van der Waals surface area (Å²) < 4.78 is 0. The number of carbonyl (C=O) groups is 1. The average Bonchev–Trinajstić information content (AvgIpc) is 3.31.